The van der Waals surface area contributed by atoms with Crippen LogP contribution in [0.25, 0.3) is 0 Å². The zero-order chi connectivity index (χ0) is 14.2. The summed E-state index contributed by atoms with van der Waals surface area (Å²) in [5.41, 5.74) is 1.20. The highest BCUT2D eigenvalue weighted by molar-refractivity contribution is 9.10. The summed E-state index contributed by atoms with van der Waals surface area (Å²) in [7, 11) is 0. The van der Waals surface area contributed by atoms with E-state index in [1.807, 2.05) is 6.92 Å². The fourth-order valence-corrected chi connectivity index (χ4v) is 2.39. The van der Waals surface area contributed by atoms with Crippen molar-refractivity contribution >= 4 is 39.4 Å². The van der Waals surface area contributed by atoms with E-state index in [4.69, 9.17) is 16.7 Å². The van der Waals surface area contributed by atoms with Gasteiger partial charge < -0.3 is 10.4 Å². The number of hydrogen-bond donors (Lipinski definition) is 2. The average molecular weight is 347 g/mol. The van der Waals surface area contributed by atoms with Gasteiger partial charge in [-0.2, -0.15) is 0 Å². The van der Waals surface area contributed by atoms with E-state index in [1.165, 1.54) is 6.07 Å². The first-order valence-electron chi connectivity index (χ1n) is 5.89. The fourth-order valence-electron chi connectivity index (χ4n) is 1.89. The summed E-state index contributed by atoms with van der Waals surface area (Å²) in [6, 6.07) is 2.40. The normalized spacial score (nSPS) is 15.9. The highest BCUT2D eigenvalue weighted by Gasteiger charge is 2.37. The zero-order valence-electron chi connectivity index (χ0n) is 10.2. The molecule has 1 fully saturated rings. The molecular formula is C13H13BrClNO3. The second-order valence-corrected chi connectivity index (χ2v) is 5.92. The lowest BCUT2D eigenvalue weighted by Gasteiger charge is -2.14. The smallest absolute Gasteiger partial charge is 0.326 e. The van der Waals surface area contributed by atoms with Crippen LogP contribution in [0.15, 0.2) is 16.6 Å². The molecule has 1 unspecified atom stereocenters. The molecule has 1 aromatic carbocycles. The fraction of sp³-hybridized carbons (Fsp3) is 0.385. The van der Waals surface area contributed by atoms with Crippen LogP contribution >= 0.6 is 27.5 Å². The van der Waals surface area contributed by atoms with Gasteiger partial charge in [-0.05, 0) is 59.3 Å². The first kappa shape index (κ1) is 14.3. The van der Waals surface area contributed by atoms with Gasteiger partial charge in [-0.15, -0.1) is 0 Å². The van der Waals surface area contributed by atoms with E-state index >= 15 is 0 Å². The SMILES string of the molecule is Cc1cc(C(=O)NC(C(=O)O)C2CC2)cc(Cl)c1Br. The van der Waals surface area contributed by atoms with Gasteiger partial charge >= 0.3 is 5.97 Å². The molecule has 0 saturated heterocycles. The van der Waals surface area contributed by atoms with Crippen LogP contribution in [0.2, 0.25) is 5.02 Å². The number of nitrogens with one attached hydrogen (secondary N) is 1. The van der Waals surface area contributed by atoms with E-state index in [-0.39, 0.29) is 5.92 Å². The summed E-state index contributed by atoms with van der Waals surface area (Å²) in [6.45, 7) is 1.82. The number of carbonyl (C=O) groups is 2. The van der Waals surface area contributed by atoms with E-state index in [1.54, 1.807) is 6.07 Å². The number of carboxylic acids is 1. The van der Waals surface area contributed by atoms with Gasteiger partial charge in [0.2, 0.25) is 0 Å². The van der Waals surface area contributed by atoms with Crippen LogP contribution in [0.1, 0.15) is 28.8 Å². The van der Waals surface area contributed by atoms with Crippen molar-refractivity contribution in [3.8, 4) is 0 Å². The monoisotopic (exact) mass is 345 g/mol. The molecule has 2 N–H and O–H groups in total. The minimum absolute atomic E-state index is 0.0495. The Hall–Kier alpha value is -1.07. The maximum absolute atomic E-state index is 12.1. The van der Waals surface area contributed by atoms with Gasteiger partial charge in [-0.25, -0.2) is 4.79 Å². The molecule has 19 heavy (non-hydrogen) atoms. The highest BCUT2D eigenvalue weighted by Crippen LogP contribution is 2.33. The summed E-state index contributed by atoms with van der Waals surface area (Å²) in [6.07, 6.45) is 1.69. The molecule has 0 aromatic heterocycles. The summed E-state index contributed by atoms with van der Waals surface area (Å²) in [4.78, 5) is 23.1. The molecule has 1 aromatic rings. The predicted octanol–water partition coefficient (Wildman–Crippen LogP) is 3.00. The molecule has 0 heterocycles. The average Bonchev–Trinajstić information content (AvgIpc) is 3.15. The third-order valence-electron chi connectivity index (χ3n) is 3.12. The lowest BCUT2D eigenvalue weighted by molar-refractivity contribution is -0.139. The van der Waals surface area contributed by atoms with Crippen molar-refractivity contribution in [1.29, 1.82) is 0 Å². The third-order valence-corrected chi connectivity index (χ3v) is 4.70. The number of halogens is 2. The van der Waals surface area contributed by atoms with E-state index < -0.39 is 17.9 Å². The van der Waals surface area contributed by atoms with E-state index in [2.05, 4.69) is 21.2 Å². The predicted molar refractivity (Wildman–Crippen MR) is 75.5 cm³/mol. The molecule has 0 bridgehead atoms. The van der Waals surface area contributed by atoms with Gasteiger partial charge in [0.15, 0.2) is 0 Å². The molecule has 0 radical (unpaired) electrons. The Morgan fingerprint density at radius 3 is 2.58 bits per heavy atom. The second-order valence-electron chi connectivity index (χ2n) is 4.72. The molecule has 4 nitrogen and oxygen atoms in total. The summed E-state index contributed by atoms with van der Waals surface area (Å²) in [5.74, 6) is -1.35. The number of hydrogen-bond acceptors (Lipinski definition) is 2. The number of benzene rings is 1. The number of amides is 1. The molecule has 1 atom stereocenters. The lowest BCUT2D eigenvalue weighted by atomic mass is 10.1. The molecule has 1 aliphatic carbocycles. The van der Waals surface area contributed by atoms with Crippen LogP contribution in [0.5, 0.6) is 0 Å². The van der Waals surface area contributed by atoms with Gasteiger partial charge in [-0.1, -0.05) is 11.6 Å². The van der Waals surface area contributed by atoms with Crippen LogP contribution in [0.4, 0.5) is 0 Å². The summed E-state index contributed by atoms with van der Waals surface area (Å²) < 4.78 is 0.739. The first-order valence-corrected chi connectivity index (χ1v) is 7.06. The van der Waals surface area contributed by atoms with Crippen molar-refractivity contribution in [1.82, 2.24) is 5.32 Å². The van der Waals surface area contributed by atoms with Crippen LogP contribution in [-0.2, 0) is 4.79 Å². The Kier molecular flexibility index (Phi) is 4.16. The second kappa shape index (κ2) is 5.51. The van der Waals surface area contributed by atoms with E-state index in [0.29, 0.717) is 10.6 Å². The molecule has 6 heteroatoms. The molecular weight excluding hydrogens is 334 g/mol. The first-order chi connectivity index (χ1) is 8.90. The van der Waals surface area contributed by atoms with Gasteiger partial charge in [0.1, 0.15) is 6.04 Å². The Morgan fingerprint density at radius 2 is 2.11 bits per heavy atom. The minimum atomic E-state index is -0.990. The minimum Gasteiger partial charge on any atom is -0.480 e. The topological polar surface area (TPSA) is 66.4 Å². The molecule has 2 rings (SSSR count). The molecule has 1 amide bonds. The number of rotatable bonds is 4. The quantitative estimate of drug-likeness (QED) is 0.881. The molecule has 0 aliphatic heterocycles. The van der Waals surface area contributed by atoms with Gasteiger partial charge in [0.25, 0.3) is 5.91 Å². The summed E-state index contributed by atoms with van der Waals surface area (Å²) >= 11 is 9.31. The number of aliphatic carboxylic acids is 1. The van der Waals surface area contributed by atoms with Gasteiger partial charge in [0, 0.05) is 10.0 Å². The standard InChI is InChI=1S/C13H13BrClNO3/c1-6-4-8(5-9(15)10(6)14)12(17)16-11(13(18)19)7-2-3-7/h4-5,7,11H,2-3H2,1H3,(H,16,17)(H,18,19). The third kappa shape index (κ3) is 3.28. The number of carbonyl (C=O) groups excluding carboxylic acids is 1. The maximum atomic E-state index is 12.1. The molecule has 0 spiro atoms. The summed E-state index contributed by atoms with van der Waals surface area (Å²) in [5, 5.41) is 12.1. The molecule has 102 valence electrons. The Bertz CT molecular complexity index is 520. The van der Waals surface area contributed by atoms with Gasteiger partial charge in [0.05, 0.1) is 5.02 Å². The van der Waals surface area contributed by atoms with Crippen molar-refractivity contribution in [3.05, 3.63) is 32.8 Å². The lowest BCUT2D eigenvalue weighted by Crippen LogP contribution is -2.42. The van der Waals surface area contributed by atoms with Crippen molar-refractivity contribution < 1.29 is 14.7 Å². The van der Waals surface area contributed by atoms with Crippen molar-refractivity contribution in [3.63, 3.8) is 0 Å². The maximum Gasteiger partial charge on any atom is 0.326 e. The highest BCUT2D eigenvalue weighted by atomic mass is 79.9. The number of carboxylic acid groups (broad SMARTS) is 1. The van der Waals surface area contributed by atoms with Crippen LogP contribution in [-0.4, -0.2) is 23.0 Å². The molecule has 1 saturated carbocycles. The van der Waals surface area contributed by atoms with Crippen molar-refractivity contribution in [2.45, 2.75) is 25.8 Å². The Morgan fingerprint density at radius 1 is 1.47 bits per heavy atom. The van der Waals surface area contributed by atoms with Crippen LogP contribution in [0, 0.1) is 12.8 Å². The van der Waals surface area contributed by atoms with Crippen molar-refractivity contribution in [2.75, 3.05) is 0 Å². The molecule has 1 aliphatic rings. The van der Waals surface area contributed by atoms with Crippen LogP contribution < -0.4 is 5.32 Å². The Balaban J connectivity index is 2.17. The van der Waals surface area contributed by atoms with E-state index in [0.717, 1.165) is 22.9 Å². The van der Waals surface area contributed by atoms with Crippen LogP contribution in [0.3, 0.4) is 0 Å². The van der Waals surface area contributed by atoms with Gasteiger partial charge in [-0.3, -0.25) is 4.79 Å². The van der Waals surface area contributed by atoms with Crippen molar-refractivity contribution in [2.24, 2.45) is 5.92 Å². The Labute approximate surface area is 124 Å². The van der Waals surface area contributed by atoms with E-state index in [9.17, 15) is 9.59 Å². The zero-order valence-corrected chi connectivity index (χ0v) is 12.6. The largest absolute Gasteiger partial charge is 0.480 e. The number of aryl methyl sites for hydroxylation is 1.